The van der Waals surface area contributed by atoms with Gasteiger partial charge in [-0.2, -0.15) is 39.5 Å². The Kier molecular flexibility index (Phi) is 11.3. The Morgan fingerprint density at radius 1 is 1.00 bits per heavy atom. The van der Waals surface area contributed by atoms with Crippen LogP contribution in [0.5, 0.6) is 0 Å². The Morgan fingerprint density at radius 3 is 2.12 bits per heavy atom. The molecule has 0 aliphatic carbocycles. The third kappa shape index (κ3) is 10.9. The number of hydrogen-bond acceptors (Lipinski definition) is 4. The van der Waals surface area contributed by atoms with Crippen molar-refractivity contribution in [3.05, 3.63) is 64.7 Å². The second-order valence-electron chi connectivity index (χ2n) is 9.46. The number of halogens is 9. The number of nitrogens with two attached hydrogens (primary N) is 1. The third-order valence-corrected chi connectivity index (χ3v) is 5.95. The smallest absolute Gasteiger partial charge is 0.370 e. The van der Waals surface area contributed by atoms with Crippen LogP contribution in [0.25, 0.3) is 0 Å². The minimum Gasteiger partial charge on any atom is -0.370 e. The molecule has 16 heteroatoms. The van der Waals surface area contributed by atoms with Crippen LogP contribution < -0.4 is 16.4 Å². The van der Waals surface area contributed by atoms with E-state index in [0.717, 1.165) is 24.6 Å². The van der Waals surface area contributed by atoms with E-state index in [0.29, 0.717) is 5.56 Å². The second-order valence-corrected chi connectivity index (χ2v) is 9.46. The van der Waals surface area contributed by atoms with E-state index in [2.05, 4.69) is 15.6 Å². The number of amides is 3. The Hall–Kier alpha value is -4.11. The van der Waals surface area contributed by atoms with Gasteiger partial charge in [0.25, 0.3) is 5.91 Å². The first-order chi connectivity index (χ1) is 19.7. The van der Waals surface area contributed by atoms with Crippen LogP contribution in [0.4, 0.5) is 45.2 Å². The Morgan fingerprint density at radius 2 is 1.60 bits per heavy atom. The number of para-hydroxylation sites is 1. The van der Waals surface area contributed by atoms with Crippen molar-refractivity contribution in [2.75, 3.05) is 5.32 Å². The maximum Gasteiger partial charge on any atom is 0.418 e. The molecule has 0 bridgehead atoms. The maximum absolute atomic E-state index is 13.7. The van der Waals surface area contributed by atoms with Gasteiger partial charge >= 0.3 is 18.5 Å². The largest absolute Gasteiger partial charge is 0.418 e. The second kappa shape index (κ2) is 13.9. The SMILES string of the molecule is CCC(F)(F)F.Cc1cccc(C2=NC(NC(=O)C(CCC(F)(F)F)CC(N)=O)C(=O)Nc3c2cccc3C(F)(F)F)c1. The predicted octanol–water partition coefficient (Wildman–Crippen LogP) is 6.04. The number of hydrogen-bond donors (Lipinski definition) is 3. The molecule has 43 heavy (non-hydrogen) atoms. The third-order valence-electron chi connectivity index (χ3n) is 5.95. The quantitative estimate of drug-likeness (QED) is 0.326. The first kappa shape index (κ1) is 35.1. The summed E-state index contributed by atoms with van der Waals surface area (Å²) in [7, 11) is 0. The molecule has 0 spiro atoms. The minimum absolute atomic E-state index is 0.0600. The maximum atomic E-state index is 13.7. The fourth-order valence-corrected chi connectivity index (χ4v) is 3.85. The zero-order valence-corrected chi connectivity index (χ0v) is 22.7. The van der Waals surface area contributed by atoms with Crippen LogP contribution in [0.15, 0.2) is 47.5 Å². The lowest BCUT2D eigenvalue weighted by Gasteiger charge is -2.20. The molecule has 1 heterocycles. The molecule has 2 unspecified atom stereocenters. The van der Waals surface area contributed by atoms with E-state index in [4.69, 9.17) is 5.73 Å². The van der Waals surface area contributed by atoms with Gasteiger partial charge in [-0.3, -0.25) is 14.4 Å². The van der Waals surface area contributed by atoms with Crippen LogP contribution in [0.1, 0.15) is 54.9 Å². The number of carbonyl (C=O) groups excluding carboxylic acids is 3. The van der Waals surface area contributed by atoms with Crippen molar-refractivity contribution in [1.82, 2.24) is 5.32 Å². The van der Waals surface area contributed by atoms with Crippen molar-refractivity contribution in [3.8, 4) is 0 Å². The molecule has 1 aliphatic rings. The van der Waals surface area contributed by atoms with Crippen molar-refractivity contribution < 1.29 is 53.9 Å². The van der Waals surface area contributed by atoms with Gasteiger partial charge in [0.05, 0.1) is 17.0 Å². The highest BCUT2D eigenvalue weighted by Gasteiger charge is 2.39. The lowest BCUT2D eigenvalue weighted by molar-refractivity contribution is -0.143. The Labute approximate surface area is 239 Å². The number of carbonyl (C=O) groups is 3. The number of nitrogens with one attached hydrogen (secondary N) is 2. The number of aliphatic imine (C=N–C) groups is 1. The Balaban J connectivity index is 0.000000973. The topological polar surface area (TPSA) is 114 Å². The standard InChI is InChI=1S/C24H22F6N4O3.C3H5F3/c1-12-4-2-5-13(10-12)18-15-6-3-7-16(24(28,29)30)19(15)33-22(37)20(32-18)34-21(36)14(11-17(31)35)8-9-23(25,26)27;1-2-3(4,5)6/h2-7,10,14,20H,8-9,11H2,1H3,(H2,31,35)(H,33,37)(H,34,36);2H2,1H3. The lowest BCUT2D eigenvalue weighted by Crippen LogP contribution is -2.45. The van der Waals surface area contributed by atoms with Gasteiger partial charge in [0, 0.05) is 36.3 Å². The summed E-state index contributed by atoms with van der Waals surface area (Å²) in [6, 6.07) is 9.72. The summed E-state index contributed by atoms with van der Waals surface area (Å²) in [6.07, 6.45) is -18.9. The first-order valence-electron chi connectivity index (χ1n) is 12.6. The average Bonchev–Trinajstić information content (AvgIpc) is 3.01. The zero-order valence-electron chi connectivity index (χ0n) is 22.7. The van der Waals surface area contributed by atoms with E-state index >= 15 is 0 Å². The number of primary amides is 1. The van der Waals surface area contributed by atoms with Gasteiger partial charge in [0.1, 0.15) is 0 Å². The lowest BCUT2D eigenvalue weighted by atomic mass is 9.96. The summed E-state index contributed by atoms with van der Waals surface area (Å²) in [4.78, 5) is 41.3. The van der Waals surface area contributed by atoms with Crippen LogP contribution >= 0.6 is 0 Å². The molecular weight excluding hydrogens is 599 g/mol. The van der Waals surface area contributed by atoms with Gasteiger partial charge < -0.3 is 16.4 Å². The fourth-order valence-electron chi connectivity index (χ4n) is 3.85. The molecule has 1 aliphatic heterocycles. The minimum atomic E-state index is -4.84. The van der Waals surface area contributed by atoms with Gasteiger partial charge in [-0.25, -0.2) is 4.99 Å². The summed E-state index contributed by atoms with van der Waals surface area (Å²) in [5, 5.41) is 4.31. The number of benzene rings is 2. The van der Waals surface area contributed by atoms with E-state index < -0.39 is 85.3 Å². The normalized spacial score (nSPS) is 16.0. The summed E-state index contributed by atoms with van der Waals surface area (Å²) in [5.41, 5.74) is 4.27. The molecule has 3 rings (SSSR count). The van der Waals surface area contributed by atoms with Gasteiger partial charge in [0.2, 0.25) is 18.0 Å². The van der Waals surface area contributed by atoms with Crippen molar-refractivity contribution in [1.29, 1.82) is 0 Å². The number of nitrogens with zero attached hydrogens (tertiary/aromatic N) is 1. The number of anilines is 1. The highest BCUT2D eigenvalue weighted by Crippen LogP contribution is 2.38. The van der Waals surface area contributed by atoms with E-state index in [1.54, 1.807) is 31.2 Å². The number of aryl methyl sites for hydroxylation is 1. The van der Waals surface area contributed by atoms with Crippen molar-refractivity contribution in [2.45, 2.75) is 64.2 Å². The zero-order chi connectivity index (χ0) is 32.8. The van der Waals surface area contributed by atoms with Gasteiger partial charge in [-0.15, -0.1) is 0 Å². The van der Waals surface area contributed by atoms with Crippen LogP contribution in [-0.4, -0.2) is 42.0 Å². The molecule has 236 valence electrons. The number of rotatable bonds is 7. The molecule has 0 saturated heterocycles. The molecule has 0 saturated carbocycles. The van der Waals surface area contributed by atoms with E-state index in [1.165, 1.54) is 6.07 Å². The van der Waals surface area contributed by atoms with Gasteiger partial charge in [0.15, 0.2) is 0 Å². The van der Waals surface area contributed by atoms with E-state index in [1.807, 2.05) is 0 Å². The van der Waals surface area contributed by atoms with Crippen molar-refractivity contribution >= 4 is 29.1 Å². The van der Waals surface area contributed by atoms with E-state index in [-0.39, 0.29) is 11.3 Å². The van der Waals surface area contributed by atoms with Gasteiger partial charge in [-0.05, 0) is 25.5 Å². The molecule has 3 amide bonds. The van der Waals surface area contributed by atoms with Crippen molar-refractivity contribution in [3.63, 3.8) is 0 Å². The monoisotopic (exact) mass is 626 g/mol. The summed E-state index contributed by atoms with van der Waals surface area (Å²) in [6.45, 7) is 2.81. The molecule has 0 aromatic heterocycles. The van der Waals surface area contributed by atoms with Crippen LogP contribution in [-0.2, 0) is 20.6 Å². The molecule has 2 aromatic carbocycles. The molecule has 2 atom stereocenters. The number of fused-ring (bicyclic) bond motifs is 1. The highest BCUT2D eigenvalue weighted by atomic mass is 19.4. The molecule has 0 radical (unpaired) electrons. The van der Waals surface area contributed by atoms with Crippen LogP contribution in [0, 0.1) is 12.8 Å². The average molecular weight is 627 g/mol. The molecular formula is C27H27F9N4O3. The molecule has 7 nitrogen and oxygen atoms in total. The van der Waals surface area contributed by atoms with Gasteiger partial charge in [-0.1, -0.05) is 42.8 Å². The van der Waals surface area contributed by atoms with Crippen molar-refractivity contribution in [2.24, 2.45) is 16.6 Å². The van der Waals surface area contributed by atoms with E-state index in [9.17, 15) is 53.9 Å². The predicted molar refractivity (Wildman–Crippen MR) is 138 cm³/mol. The summed E-state index contributed by atoms with van der Waals surface area (Å²) >= 11 is 0. The number of alkyl halides is 9. The number of benzodiazepines with no additional fused rings is 1. The first-order valence-corrected chi connectivity index (χ1v) is 12.6. The summed E-state index contributed by atoms with van der Waals surface area (Å²) in [5.74, 6) is -4.86. The summed E-state index contributed by atoms with van der Waals surface area (Å²) < 4.78 is 112. The van der Waals surface area contributed by atoms with Crippen LogP contribution in [0.3, 0.4) is 0 Å². The Bertz CT molecular complexity index is 1350. The fraction of sp³-hybridized carbons (Fsp3) is 0.407. The molecule has 0 fully saturated rings. The highest BCUT2D eigenvalue weighted by molar-refractivity contribution is 6.20. The molecule has 2 aromatic rings. The van der Waals surface area contributed by atoms with Crippen LogP contribution in [0.2, 0.25) is 0 Å². The molecule has 4 N–H and O–H groups in total.